The van der Waals surface area contributed by atoms with Gasteiger partial charge in [-0.15, -0.1) is 0 Å². The van der Waals surface area contributed by atoms with E-state index in [1.54, 1.807) is 0 Å². The Labute approximate surface area is 155 Å². The lowest BCUT2D eigenvalue weighted by molar-refractivity contribution is 0.0947. The predicted molar refractivity (Wildman–Crippen MR) is 102 cm³/mol. The molecular formula is C21H28N4O. The van der Waals surface area contributed by atoms with Gasteiger partial charge >= 0.3 is 0 Å². The molecule has 5 nitrogen and oxygen atoms in total. The van der Waals surface area contributed by atoms with Gasteiger partial charge in [0.15, 0.2) is 5.69 Å². The molecule has 0 saturated heterocycles. The van der Waals surface area contributed by atoms with E-state index in [4.69, 9.17) is 0 Å². The number of carbonyl (C=O) groups excluding carboxylic acids is 1. The van der Waals surface area contributed by atoms with Gasteiger partial charge in [0.2, 0.25) is 0 Å². The molecule has 1 fully saturated rings. The van der Waals surface area contributed by atoms with Crippen LogP contribution in [0.25, 0.3) is 0 Å². The van der Waals surface area contributed by atoms with Crippen LogP contribution in [-0.4, -0.2) is 34.8 Å². The number of nitrogens with zero attached hydrogens (tertiary/aromatic N) is 2. The molecule has 0 bridgehead atoms. The zero-order valence-corrected chi connectivity index (χ0v) is 15.5. The molecule has 0 radical (unpaired) electrons. The van der Waals surface area contributed by atoms with E-state index in [1.807, 2.05) is 29.9 Å². The number of carbonyl (C=O) groups is 1. The summed E-state index contributed by atoms with van der Waals surface area (Å²) in [6, 6.07) is 10.7. The lowest BCUT2D eigenvalue weighted by Gasteiger charge is -2.24. The van der Waals surface area contributed by atoms with E-state index in [2.05, 4.69) is 27.9 Å². The smallest absolute Gasteiger partial charge is 0.272 e. The molecule has 138 valence electrons. The molecule has 0 aliphatic heterocycles. The topological polar surface area (TPSA) is 59.0 Å². The van der Waals surface area contributed by atoms with E-state index in [0.717, 1.165) is 43.7 Å². The molecule has 0 spiro atoms. The number of aryl methyl sites for hydroxylation is 1. The highest BCUT2D eigenvalue weighted by Gasteiger charge is 2.29. The van der Waals surface area contributed by atoms with Crippen LogP contribution in [0, 0.1) is 5.92 Å². The minimum Gasteiger partial charge on any atom is -0.350 e. The molecule has 26 heavy (non-hydrogen) atoms. The van der Waals surface area contributed by atoms with Crippen LogP contribution < -0.4 is 10.6 Å². The molecule has 1 unspecified atom stereocenters. The van der Waals surface area contributed by atoms with Crippen LogP contribution >= 0.6 is 0 Å². The van der Waals surface area contributed by atoms with Crippen molar-refractivity contribution in [1.29, 1.82) is 0 Å². The number of aromatic nitrogens is 2. The van der Waals surface area contributed by atoms with E-state index < -0.39 is 0 Å². The monoisotopic (exact) mass is 352 g/mol. The summed E-state index contributed by atoms with van der Waals surface area (Å²) in [4.78, 5) is 12.7. The fourth-order valence-corrected chi connectivity index (χ4v) is 3.85. The first-order chi connectivity index (χ1) is 12.7. The van der Waals surface area contributed by atoms with Crippen molar-refractivity contribution in [3.8, 4) is 0 Å². The standard InChI is InChI=1S/C21H28N4O/c1-25-19-10-9-17(23-14-16-7-8-16)13-18(19)20(24-25)21(26)22-12-11-15-5-3-2-4-6-15/h2-6,16-17,23H,7-14H2,1H3,(H,22,26). The Balaban J connectivity index is 1.37. The van der Waals surface area contributed by atoms with Gasteiger partial charge in [0.25, 0.3) is 5.91 Å². The fourth-order valence-electron chi connectivity index (χ4n) is 3.85. The van der Waals surface area contributed by atoms with Crippen LogP contribution in [0.4, 0.5) is 0 Å². The van der Waals surface area contributed by atoms with Crippen LogP contribution in [0.5, 0.6) is 0 Å². The van der Waals surface area contributed by atoms with Crippen LogP contribution in [0.15, 0.2) is 30.3 Å². The number of hydrogen-bond acceptors (Lipinski definition) is 3. The van der Waals surface area contributed by atoms with E-state index in [1.165, 1.54) is 24.1 Å². The predicted octanol–water partition coefficient (Wildman–Crippen LogP) is 2.25. The summed E-state index contributed by atoms with van der Waals surface area (Å²) < 4.78 is 1.90. The number of hydrogen-bond donors (Lipinski definition) is 2. The molecule has 5 heteroatoms. The zero-order chi connectivity index (χ0) is 17.9. The summed E-state index contributed by atoms with van der Waals surface area (Å²) in [5.74, 6) is 0.840. The Kier molecular flexibility index (Phi) is 5.07. The average molecular weight is 352 g/mol. The fraction of sp³-hybridized carbons (Fsp3) is 0.524. The SMILES string of the molecule is Cn1nc(C(=O)NCCc2ccccc2)c2c1CCC(NCC1CC1)C2. The maximum absolute atomic E-state index is 12.7. The largest absolute Gasteiger partial charge is 0.350 e. The van der Waals surface area contributed by atoms with Gasteiger partial charge in [-0.1, -0.05) is 30.3 Å². The van der Waals surface area contributed by atoms with Gasteiger partial charge in [0.05, 0.1) is 0 Å². The van der Waals surface area contributed by atoms with Crippen molar-refractivity contribution in [2.24, 2.45) is 13.0 Å². The first-order valence-electron chi connectivity index (χ1n) is 9.81. The minimum atomic E-state index is -0.0411. The summed E-state index contributed by atoms with van der Waals surface area (Å²) in [7, 11) is 1.96. The number of fused-ring (bicyclic) bond motifs is 1. The molecule has 1 aromatic carbocycles. The molecule has 1 aromatic heterocycles. The number of benzene rings is 1. The van der Waals surface area contributed by atoms with Crippen molar-refractivity contribution in [2.75, 3.05) is 13.1 Å². The van der Waals surface area contributed by atoms with Crippen LogP contribution in [0.3, 0.4) is 0 Å². The lowest BCUT2D eigenvalue weighted by Crippen LogP contribution is -2.37. The molecule has 2 aliphatic carbocycles. The Morgan fingerprint density at radius 1 is 1.23 bits per heavy atom. The zero-order valence-electron chi connectivity index (χ0n) is 15.5. The van der Waals surface area contributed by atoms with E-state index in [-0.39, 0.29) is 5.91 Å². The third-order valence-corrected chi connectivity index (χ3v) is 5.60. The third-order valence-electron chi connectivity index (χ3n) is 5.60. The molecular weight excluding hydrogens is 324 g/mol. The number of rotatable bonds is 7. The van der Waals surface area contributed by atoms with Crippen molar-refractivity contribution in [2.45, 2.75) is 44.6 Å². The lowest BCUT2D eigenvalue weighted by atomic mass is 9.91. The molecule has 2 aromatic rings. The number of nitrogens with one attached hydrogen (secondary N) is 2. The molecule has 2 N–H and O–H groups in total. The van der Waals surface area contributed by atoms with Crippen LogP contribution in [0.1, 0.15) is 46.6 Å². The Morgan fingerprint density at radius 3 is 2.81 bits per heavy atom. The van der Waals surface area contributed by atoms with Gasteiger partial charge in [-0.3, -0.25) is 9.48 Å². The van der Waals surface area contributed by atoms with Gasteiger partial charge in [0, 0.05) is 30.9 Å². The van der Waals surface area contributed by atoms with Crippen molar-refractivity contribution < 1.29 is 4.79 Å². The Bertz CT molecular complexity index is 764. The van der Waals surface area contributed by atoms with Gasteiger partial charge in [0.1, 0.15) is 0 Å². The normalized spacial score (nSPS) is 19.2. The summed E-state index contributed by atoms with van der Waals surface area (Å²) >= 11 is 0. The van der Waals surface area contributed by atoms with Crippen molar-refractivity contribution >= 4 is 5.91 Å². The Hall–Kier alpha value is -2.14. The summed E-state index contributed by atoms with van der Waals surface area (Å²) in [6.07, 6.45) is 6.62. The summed E-state index contributed by atoms with van der Waals surface area (Å²) in [6.45, 7) is 1.76. The van der Waals surface area contributed by atoms with Crippen LogP contribution in [-0.2, 0) is 26.3 Å². The summed E-state index contributed by atoms with van der Waals surface area (Å²) in [5.41, 5.74) is 4.22. The quantitative estimate of drug-likeness (QED) is 0.803. The van der Waals surface area contributed by atoms with Crippen LogP contribution in [0.2, 0.25) is 0 Å². The second kappa shape index (κ2) is 7.62. The van der Waals surface area contributed by atoms with Gasteiger partial charge in [-0.2, -0.15) is 5.10 Å². The molecule has 1 amide bonds. The first-order valence-corrected chi connectivity index (χ1v) is 9.81. The second-order valence-corrected chi connectivity index (χ2v) is 7.68. The van der Waals surface area contributed by atoms with E-state index in [9.17, 15) is 4.79 Å². The second-order valence-electron chi connectivity index (χ2n) is 7.68. The van der Waals surface area contributed by atoms with Gasteiger partial charge in [-0.25, -0.2) is 0 Å². The highest BCUT2D eigenvalue weighted by atomic mass is 16.1. The number of amides is 1. The van der Waals surface area contributed by atoms with E-state index >= 15 is 0 Å². The molecule has 1 atom stereocenters. The minimum absolute atomic E-state index is 0.0411. The van der Waals surface area contributed by atoms with Gasteiger partial charge in [-0.05, 0) is 56.6 Å². The van der Waals surface area contributed by atoms with Gasteiger partial charge < -0.3 is 10.6 Å². The maximum atomic E-state index is 12.7. The summed E-state index contributed by atoms with van der Waals surface area (Å²) in [5, 5.41) is 11.3. The molecule has 2 aliphatic rings. The average Bonchev–Trinajstić information content (AvgIpc) is 3.44. The van der Waals surface area contributed by atoms with E-state index in [0.29, 0.717) is 18.3 Å². The van der Waals surface area contributed by atoms with Crippen molar-refractivity contribution in [3.63, 3.8) is 0 Å². The third kappa shape index (κ3) is 3.98. The van der Waals surface area contributed by atoms with Crippen molar-refractivity contribution in [3.05, 3.63) is 52.8 Å². The van der Waals surface area contributed by atoms with Crippen molar-refractivity contribution in [1.82, 2.24) is 20.4 Å². The first kappa shape index (κ1) is 17.3. The molecule has 1 saturated carbocycles. The Morgan fingerprint density at radius 2 is 2.04 bits per heavy atom. The highest BCUT2D eigenvalue weighted by Crippen LogP contribution is 2.29. The molecule has 4 rings (SSSR count). The maximum Gasteiger partial charge on any atom is 0.272 e. The highest BCUT2D eigenvalue weighted by molar-refractivity contribution is 5.94. The molecule has 1 heterocycles.